The number of nitrogens with zero attached hydrogens (tertiary/aromatic N) is 5. The second-order valence-corrected chi connectivity index (χ2v) is 8.36. The second kappa shape index (κ2) is 11.5. The van der Waals surface area contributed by atoms with Crippen molar-refractivity contribution in [3.63, 3.8) is 0 Å². The lowest BCUT2D eigenvalue weighted by atomic mass is 10.3. The number of anilines is 1. The van der Waals surface area contributed by atoms with Crippen LogP contribution < -0.4 is 14.4 Å². The molecule has 8 nitrogen and oxygen atoms in total. The average molecular weight is 482 g/mol. The molecule has 3 rings (SSSR count). The first-order chi connectivity index (χ1) is 14.9. The standard InChI is InChI=1S/C22H31N5O3S.ClH/c1-7-25(8-2)13-14-26(21(28)16-11-12-23-27(16)15(3)4)22-24-19-17(29-5)9-10-18(30-6)20(19)31-22;/h9-12,15H,7-8,13-14H2,1-6H3;1H. The Bertz CT molecular complexity index is 991. The monoisotopic (exact) mass is 481 g/mol. The van der Waals surface area contributed by atoms with Crippen LogP contribution in [0.15, 0.2) is 24.4 Å². The molecule has 0 atom stereocenters. The third-order valence-electron chi connectivity index (χ3n) is 5.29. The zero-order valence-electron chi connectivity index (χ0n) is 19.5. The van der Waals surface area contributed by atoms with Gasteiger partial charge < -0.3 is 14.4 Å². The van der Waals surface area contributed by atoms with E-state index < -0.39 is 0 Å². The Labute approximate surface area is 199 Å². The summed E-state index contributed by atoms with van der Waals surface area (Å²) in [5, 5.41) is 4.96. The van der Waals surface area contributed by atoms with E-state index in [9.17, 15) is 4.79 Å². The predicted molar refractivity (Wildman–Crippen MR) is 132 cm³/mol. The van der Waals surface area contributed by atoms with Crippen molar-refractivity contribution in [2.24, 2.45) is 0 Å². The lowest BCUT2D eigenvalue weighted by Gasteiger charge is -2.25. The number of amides is 1. The second-order valence-electron chi connectivity index (χ2n) is 7.38. The van der Waals surface area contributed by atoms with Crippen molar-refractivity contribution in [1.29, 1.82) is 0 Å². The minimum atomic E-state index is -0.115. The number of thiazole rings is 1. The van der Waals surface area contributed by atoms with E-state index in [4.69, 9.17) is 14.5 Å². The minimum absolute atomic E-state index is 0. The molecule has 32 heavy (non-hydrogen) atoms. The van der Waals surface area contributed by atoms with Crippen LogP contribution in [0.2, 0.25) is 0 Å². The number of rotatable bonds is 10. The molecule has 0 aliphatic rings. The van der Waals surface area contributed by atoms with Gasteiger partial charge >= 0.3 is 0 Å². The molecule has 0 spiro atoms. The van der Waals surface area contributed by atoms with Crippen molar-refractivity contribution in [2.75, 3.05) is 45.3 Å². The lowest BCUT2D eigenvalue weighted by Crippen LogP contribution is -2.39. The van der Waals surface area contributed by atoms with Crippen LogP contribution in [0.25, 0.3) is 10.2 Å². The van der Waals surface area contributed by atoms with E-state index in [1.807, 2.05) is 26.0 Å². The molecule has 1 amide bonds. The Morgan fingerprint density at radius 3 is 2.34 bits per heavy atom. The molecule has 2 aromatic heterocycles. The van der Waals surface area contributed by atoms with Gasteiger partial charge in [0.25, 0.3) is 5.91 Å². The van der Waals surface area contributed by atoms with E-state index in [2.05, 4.69) is 23.8 Å². The number of benzene rings is 1. The van der Waals surface area contributed by atoms with Crippen LogP contribution >= 0.6 is 23.7 Å². The van der Waals surface area contributed by atoms with E-state index in [1.165, 1.54) is 11.3 Å². The van der Waals surface area contributed by atoms with Crippen LogP contribution in [-0.2, 0) is 0 Å². The minimum Gasteiger partial charge on any atom is -0.495 e. The van der Waals surface area contributed by atoms with Crippen LogP contribution in [0.1, 0.15) is 44.2 Å². The highest BCUT2D eigenvalue weighted by Crippen LogP contribution is 2.40. The SMILES string of the molecule is CCN(CC)CCN(C(=O)c1ccnn1C(C)C)c1nc2c(OC)ccc(OC)c2s1.Cl. The highest BCUT2D eigenvalue weighted by atomic mass is 35.5. The maximum absolute atomic E-state index is 13.7. The van der Waals surface area contributed by atoms with E-state index >= 15 is 0 Å². The van der Waals surface area contributed by atoms with Gasteiger partial charge in [0.15, 0.2) is 5.13 Å². The molecule has 0 unspecified atom stereocenters. The van der Waals surface area contributed by atoms with Crippen molar-refractivity contribution in [1.82, 2.24) is 19.7 Å². The van der Waals surface area contributed by atoms with Gasteiger partial charge in [0.05, 0.1) is 14.2 Å². The van der Waals surface area contributed by atoms with Crippen LogP contribution in [0.4, 0.5) is 5.13 Å². The molecule has 0 bridgehead atoms. The summed E-state index contributed by atoms with van der Waals surface area (Å²) in [7, 11) is 3.25. The number of hydrogen-bond acceptors (Lipinski definition) is 7. The first-order valence-corrected chi connectivity index (χ1v) is 11.4. The lowest BCUT2D eigenvalue weighted by molar-refractivity contribution is 0.0971. The number of likely N-dealkylation sites (N-methyl/N-ethyl adjacent to an activating group) is 1. The fourth-order valence-electron chi connectivity index (χ4n) is 3.49. The quantitative estimate of drug-likeness (QED) is 0.424. The fourth-order valence-corrected chi connectivity index (χ4v) is 4.59. The summed E-state index contributed by atoms with van der Waals surface area (Å²) < 4.78 is 13.6. The van der Waals surface area contributed by atoms with Gasteiger partial charge in [-0.15, -0.1) is 12.4 Å². The highest BCUT2D eigenvalue weighted by molar-refractivity contribution is 7.22. The number of carbonyl (C=O) groups is 1. The summed E-state index contributed by atoms with van der Waals surface area (Å²) in [4.78, 5) is 22.5. The molecule has 0 fully saturated rings. The average Bonchev–Trinajstić information content (AvgIpc) is 3.43. The fraction of sp³-hybridized carbons (Fsp3) is 0.500. The summed E-state index contributed by atoms with van der Waals surface area (Å²) >= 11 is 1.43. The molecule has 0 saturated carbocycles. The summed E-state index contributed by atoms with van der Waals surface area (Å²) in [6.45, 7) is 11.4. The number of ether oxygens (including phenoxy) is 2. The van der Waals surface area contributed by atoms with Gasteiger partial charge in [-0.05, 0) is 45.1 Å². The van der Waals surface area contributed by atoms with Gasteiger partial charge in [-0.3, -0.25) is 14.4 Å². The zero-order valence-corrected chi connectivity index (χ0v) is 21.1. The molecule has 1 aromatic carbocycles. The van der Waals surface area contributed by atoms with E-state index in [0.29, 0.717) is 34.4 Å². The zero-order chi connectivity index (χ0) is 22.5. The molecule has 176 valence electrons. The van der Waals surface area contributed by atoms with Gasteiger partial charge in [0.1, 0.15) is 27.4 Å². The smallest absolute Gasteiger partial charge is 0.278 e. The molecule has 10 heteroatoms. The first-order valence-electron chi connectivity index (χ1n) is 10.5. The molecular weight excluding hydrogens is 450 g/mol. The van der Waals surface area contributed by atoms with Crippen molar-refractivity contribution in [3.05, 3.63) is 30.1 Å². The molecule has 0 aliphatic carbocycles. The van der Waals surface area contributed by atoms with Gasteiger partial charge in [-0.1, -0.05) is 25.2 Å². The largest absolute Gasteiger partial charge is 0.495 e. The number of hydrogen-bond donors (Lipinski definition) is 0. The van der Waals surface area contributed by atoms with Gasteiger partial charge in [-0.2, -0.15) is 5.10 Å². The normalized spacial score (nSPS) is 11.1. The van der Waals surface area contributed by atoms with Crippen molar-refractivity contribution >= 4 is 45.0 Å². The topological polar surface area (TPSA) is 72.7 Å². The Balaban J connectivity index is 0.00000363. The first kappa shape index (κ1) is 25.9. The Morgan fingerprint density at radius 1 is 1.09 bits per heavy atom. The molecular formula is C22H32ClN5O3S. The van der Waals surface area contributed by atoms with Crippen molar-refractivity contribution in [3.8, 4) is 11.5 Å². The Hall–Kier alpha value is -2.36. The number of halogens is 1. The van der Waals surface area contributed by atoms with Gasteiger partial charge in [-0.25, -0.2) is 4.98 Å². The maximum Gasteiger partial charge on any atom is 0.278 e. The summed E-state index contributed by atoms with van der Waals surface area (Å²) in [5.41, 5.74) is 1.24. The van der Waals surface area contributed by atoms with E-state index in [0.717, 1.165) is 24.3 Å². The third-order valence-corrected chi connectivity index (χ3v) is 6.38. The summed E-state index contributed by atoms with van der Waals surface area (Å²) in [6, 6.07) is 5.54. The molecule has 3 aromatic rings. The van der Waals surface area contributed by atoms with Gasteiger partial charge in [0.2, 0.25) is 0 Å². The van der Waals surface area contributed by atoms with Crippen LogP contribution in [0.3, 0.4) is 0 Å². The maximum atomic E-state index is 13.7. The van der Waals surface area contributed by atoms with Gasteiger partial charge in [0, 0.05) is 25.3 Å². The van der Waals surface area contributed by atoms with Crippen LogP contribution in [0, 0.1) is 0 Å². The molecule has 0 N–H and O–H groups in total. The summed E-state index contributed by atoms with van der Waals surface area (Å²) in [5.74, 6) is 1.25. The Kier molecular flexibility index (Phi) is 9.30. The number of carbonyl (C=O) groups excluding carboxylic acids is 1. The molecule has 0 radical (unpaired) electrons. The van der Waals surface area contributed by atoms with E-state index in [1.54, 1.807) is 36.1 Å². The van der Waals surface area contributed by atoms with Crippen molar-refractivity contribution in [2.45, 2.75) is 33.7 Å². The van der Waals surface area contributed by atoms with E-state index in [-0.39, 0.29) is 24.4 Å². The Morgan fingerprint density at radius 2 is 1.75 bits per heavy atom. The predicted octanol–water partition coefficient (Wildman–Crippen LogP) is 4.50. The highest BCUT2D eigenvalue weighted by Gasteiger charge is 2.26. The molecule has 0 aliphatic heterocycles. The summed E-state index contributed by atoms with van der Waals surface area (Å²) in [6.07, 6.45) is 1.67. The van der Waals surface area contributed by atoms with Crippen LogP contribution in [-0.4, -0.2) is 66.0 Å². The molecule has 2 heterocycles. The number of methoxy groups -OCH3 is 2. The number of aromatic nitrogens is 3. The van der Waals surface area contributed by atoms with Crippen molar-refractivity contribution < 1.29 is 14.3 Å². The molecule has 0 saturated heterocycles. The van der Waals surface area contributed by atoms with Crippen LogP contribution in [0.5, 0.6) is 11.5 Å². The third kappa shape index (κ3) is 5.16. The number of fused-ring (bicyclic) bond motifs is 1.